The van der Waals surface area contributed by atoms with Crippen molar-refractivity contribution in [3.63, 3.8) is 0 Å². The number of hydrogen-bond acceptors (Lipinski definition) is 5. The third kappa shape index (κ3) is 3.36. The van der Waals surface area contributed by atoms with Crippen molar-refractivity contribution in [2.45, 2.75) is 37.6 Å². The van der Waals surface area contributed by atoms with Crippen molar-refractivity contribution in [2.75, 3.05) is 31.6 Å². The first-order chi connectivity index (χ1) is 9.89. The van der Waals surface area contributed by atoms with E-state index < -0.39 is 15.6 Å². The summed E-state index contributed by atoms with van der Waals surface area (Å²) in [5.41, 5.74) is -0.561. The first-order valence-electron chi connectivity index (χ1n) is 7.19. The van der Waals surface area contributed by atoms with Crippen molar-refractivity contribution >= 4 is 15.8 Å². The molecular formula is C14H23N3O3S. The lowest BCUT2D eigenvalue weighted by molar-refractivity contribution is -0.00769. The number of nitrogens with one attached hydrogen (secondary N) is 1. The van der Waals surface area contributed by atoms with Crippen LogP contribution >= 0.6 is 0 Å². The molecule has 7 heteroatoms. The van der Waals surface area contributed by atoms with Gasteiger partial charge in [0.15, 0.2) is 0 Å². The van der Waals surface area contributed by atoms with E-state index >= 15 is 0 Å². The zero-order chi connectivity index (χ0) is 15.5. The normalized spacial score (nSPS) is 19.4. The van der Waals surface area contributed by atoms with Crippen molar-refractivity contribution in [2.24, 2.45) is 0 Å². The number of aromatic nitrogens is 1. The van der Waals surface area contributed by atoms with Gasteiger partial charge in [0.1, 0.15) is 10.7 Å². The predicted molar refractivity (Wildman–Crippen MR) is 81.8 cm³/mol. The number of ether oxygens (including phenoxy) is 1. The molecule has 0 amide bonds. The molecule has 1 aromatic rings. The van der Waals surface area contributed by atoms with Crippen LogP contribution in [0.25, 0.3) is 0 Å². The number of rotatable bonds is 5. The van der Waals surface area contributed by atoms with Crippen LogP contribution in [0.4, 0.5) is 5.82 Å². The first kappa shape index (κ1) is 16.2. The number of hydrogen-bond donors (Lipinski definition) is 1. The van der Waals surface area contributed by atoms with Crippen LogP contribution in [0.5, 0.6) is 0 Å². The molecule has 0 aliphatic carbocycles. The van der Waals surface area contributed by atoms with Crippen molar-refractivity contribution in [3.05, 3.63) is 18.3 Å². The van der Waals surface area contributed by atoms with Gasteiger partial charge in [-0.1, -0.05) is 6.92 Å². The second kappa shape index (κ2) is 6.29. The van der Waals surface area contributed by atoms with Crippen LogP contribution in [-0.4, -0.2) is 49.5 Å². The van der Waals surface area contributed by atoms with E-state index in [4.69, 9.17) is 4.74 Å². The highest BCUT2D eigenvalue weighted by Crippen LogP contribution is 2.30. The molecule has 0 unspecified atom stereocenters. The average molecular weight is 313 g/mol. The van der Waals surface area contributed by atoms with Crippen molar-refractivity contribution in [3.8, 4) is 0 Å². The number of pyridine rings is 1. The van der Waals surface area contributed by atoms with Crippen LogP contribution in [0.1, 0.15) is 27.2 Å². The minimum atomic E-state index is -3.60. The molecule has 21 heavy (non-hydrogen) atoms. The molecule has 0 spiro atoms. The minimum Gasteiger partial charge on any atom is -0.378 e. The smallest absolute Gasteiger partial charge is 0.247 e. The minimum absolute atomic E-state index is 0.230. The van der Waals surface area contributed by atoms with Crippen molar-refractivity contribution < 1.29 is 13.2 Å². The SMILES string of the molecule is CCCNc1ncccc1S(=O)(=O)N1CCOCC1(C)C. The molecule has 0 saturated carbocycles. The molecular weight excluding hydrogens is 290 g/mol. The van der Waals surface area contributed by atoms with E-state index in [1.165, 1.54) is 4.31 Å². The molecule has 0 radical (unpaired) electrons. The Balaban J connectivity index is 2.39. The van der Waals surface area contributed by atoms with E-state index in [0.717, 1.165) is 6.42 Å². The molecule has 0 bridgehead atoms. The topological polar surface area (TPSA) is 71.5 Å². The molecule has 1 aliphatic rings. The van der Waals surface area contributed by atoms with Crippen LogP contribution in [-0.2, 0) is 14.8 Å². The maximum atomic E-state index is 13.0. The second-order valence-corrected chi connectivity index (χ2v) is 7.55. The second-order valence-electron chi connectivity index (χ2n) is 5.72. The fourth-order valence-corrected chi connectivity index (χ4v) is 4.26. The Kier molecular flexibility index (Phi) is 4.85. The zero-order valence-electron chi connectivity index (χ0n) is 12.8. The van der Waals surface area contributed by atoms with Crippen LogP contribution in [0.3, 0.4) is 0 Å². The van der Waals surface area contributed by atoms with Gasteiger partial charge in [-0.05, 0) is 32.4 Å². The van der Waals surface area contributed by atoms with Crippen LogP contribution in [0.15, 0.2) is 23.2 Å². The summed E-state index contributed by atoms with van der Waals surface area (Å²) in [6, 6.07) is 3.25. The average Bonchev–Trinajstić information content (AvgIpc) is 2.44. The highest BCUT2D eigenvalue weighted by Gasteiger charge is 2.40. The lowest BCUT2D eigenvalue weighted by Gasteiger charge is -2.40. The van der Waals surface area contributed by atoms with Crippen molar-refractivity contribution in [1.82, 2.24) is 9.29 Å². The van der Waals surface area contributed by atoms with Gasteiger partial charge >= 0.3 is 0 Å². The third-order valence-electron chi connectivity index (χ3n) is 3.45. The molecule has 0 aromatic carbocycles. The number of anilines is 1. The lowest BCUT2D eigenvalue weighted by Crippen LogP contribution is -2.55. The van der Waals surface area contributed by atoms with E-state index in [1.807, 2.05) is 20.8 Å². The summed E-state index contributed by atoms with van der Waals surface area (Å²) in [4.78, 5) is 4.41. The molecule has 1 aliphatic heterocycles. The first-order valence-corrected chi connectivity index (χ1v) is 8.63. The van der Waals surface area contributed by atoms with Gasteiger partial charge in [0, 0.05) is 19.3 Å². The monoisotopic (exact) mass is 313 g/mol. The summed E-state index contributed by atoms with van der Waals surface area (Å²) in [7, 11) is -3.60. The molecule has 1 saturated heterocycles. The Hall–Kier alpha value is -1.18. The molecule has 1 fully saturated rings. The summed E-state index contributed by atoms with van der Waals surface area (Å²) in [5.74, 6) is 0.418. The quantitative estimate of drug-likeness (QED) is 0.896. The molecule has 118 valence electrons. The fraction of sp³-hybridized carbons (Fsp3) is 0.643. The summed E-state index contributed by atoms with van der Waals surface area (Å²) in [6.45, 7) is 7.63. The highest BCUT2D eigenvalue weighted by molar-refractivity contribution is 7.89. The standard InChI is InChI=1S/C14H23N3O3S/c1-4-7-15-13-12(6-5-8-16-13)21(18,19)17-9-10-20-11-14(17,2)3/h5-6,8H,4,7,9-11H2,1-3H3,(H,15,16). The molecule has 2 heterocycles. The lowest BCUT2D eigenvalue weighted by atomic mass is 10.1. The summed E-state index contributed by atoms with van der Waals surface area (Å²) < 4.78 is 32.9. The van der Waals surface area contributed by atoms with Gasteiger partial charge in [-0.25, -0.2) is 13.4 Å². The van der Waals surface area contributed by atoms with E-state index in [2.05, 4.69) is 10.3 Å². The Morgan fingerprint density at radius 1 is 1.48 bits per heavy atom. The van der Waals surface area contributed by atoms with Gasteiger partial charge in [-0.2, -0.15) is 4.31 Å². The van der Waals surface area contributed by atoms with E-state index in [9.17, 15) is 8.42 Å². The fourth-order valence-electron chi connectivity index (χ4n) is 2.38. The Morgan fingerprint density at radius 3 is 2.90 bits per heavy atom. The van der Waals surface area contributed by atoms with Gasteiger partial charge < -0.3 is 10.1 Å². The van der Waals surface area contributed by atoms with Gasteiger partial charge in [0.2, 0.25) is 10.0 Å². The maximum absolute atomic E-state index is 13.0. The van der Waals surface area contributed by atoms with E-state index in [1.54, 1.807) is 18.3 Å². The molecule has 6 nitrogen and oxygen atoms in total. The van der Waals surface area contributed by atoms with Gasteiger partial charge in [0.25, 0.3) is 0 Å². The number of nitrogens with zero attached hydrogens (tertiary/aromatic N) is 2. The molecule has 0 atom stereocenters. The third-order valence-corrected chi connectivity index (χ3v) is 5.59. The zero-order valence-corrected chi connectivity index (χ0v) is 13.6. The highest BCUT2D eigenvalue weighted by atomic mass is 32.2. The van der Waals surface area contributed by atoms with Gasteiger partial charge in [0.05, 0.1) is 18.8 Å². The number of sulfonamides is 1. The maximum Gasteiger partial charge on any atom is 0.247 e. The van der Waals surface area contributed by atoms with Crippen molar-refractivity contribution in [1.29, 1.82) is 0 Å². The van der Waals surface area contributed by atoms with E-state index in [-0.39, 0.29) is 4.90 Å². The van der Waals surface area contributed by atoms with Crippen LogP contribution in [0, 0.1) is 0 Å². The van der Waals surface area contributed by atoms with Gasteiger partial charge in [-0.3, -0.25) is 0 Å². The summed E-state index contributed by atoms with van der Waals surface area (Å²) in [6.07, 6.45) is 2.50. The predicted octanol–water partition coefficient (Wildman–Crippen LogP) is 1.70. The Labute approximate surface area is 126 Å². The number of morpholine rings is 1. The van der Waals surface area contributed by atoms with E-state index in [0.29, 0.717) is 32.1 Å². The molecule has 2 rings (SSSR count). The molecule has 1 aromatic heterocycles. The summed E-state index contributed by atoms with van der Waals surface area (Å²) >= 11 is 0. The molecule has 1 N–H and O–H groups in total. The Bertz CT molecular complexity index is 587. The summed E-state index contributed by atoms with van der Waals surface area (Å²) in [5, 5.41) is 3.09. The van der Waals surface area contributed by atoms with Crippen LogP contribution in [0.2, 0.25) is 0 Å². The van der Waals surface area contributed by atoms with Gasteiger partial charge in [-0.15, -0.1) is 0 Å². The Morgan fingerprint density at radius 2 is 2.24 bits per heavy atom. The van der Waals surface area contributed by atoms with Crippen LogP contribution < -0.4 is 5.32 Å². The largest absolute Gasteiger partial charge is 0.378 e.